The maximum Gasteiger partial charge on any atom is 0.0389 e. The Morgan fingerprint density at radius 2 is 2.10 bits per heavy atom. The highest BCUT2D eigenvalue weighted by Gasteiger charge is 2.18. The first-order valence-electron chi connectivity index (χ1n) is 3.85. The molecule has 0 spiro atoms. The lowest BCUT2D eigenvalue weighted by Crippen LogP contribution is -2.24. The molecule has 1 aliphatic rings. The van der Waals surface area contributed by atoms with Crippen molar-refractivity contribution >= 4 is 10.8 Å². The predicted molar refractivity (Wildman–Crippen MR) is 46.7 cm³/mol. The monoisotopic (exact) mass is 163 g/mol. The van der Waals surface area contributed by atoms with Gasteiger partial charge in [0.15, 0.2) is 0 Å². The molecule has 1 heterocycles. The van der Waals surface area contributed by atoms with Crippen LogP contribution in [0.3, 0.4) is 0 Å². The van der Waals surface area contributed by atoms with E-state index in [9.17, 15) is 4.21 Å². The van der Waals surface area contributed by atoms with Gasteiger partial charge in [-0.2, -0.15) is 0 Å². The summed E-state index contributed by atoms with van der Waals surface area (Å²) in [5, 5.41) is 3.10. The quantitative estimate of drug-likeness (QED) is 0.618. The fraction of sp³-hybridized carbons (Fsp3) is 1.00. The van der Waals surface area contributed by atoms with Gasteiger partial charge in [-0.3, -0.25) is 4.21 Å². The van der Waals surface area contributed by atoms with Gasteiger partial charge in [-0.05, 0) is 13.5 Å². The van der Waals surface area contributed by atoms with Crippen LogP contribution >= 0.6 is 0 Å². The largest absolute Gasteiger partial charge is 0.316 e. The fourth-order valence-corrected chi connectivity index (χ4v) is 2.39. The van der Waals surface area contributed by atoms with Crippen molar-refractivity contribution in [3.05, 3.63) is 0 Å². The van der Waals surface area contributed by atoms with E-state index >= 15 is 0 Å². The minimum atomic E-state index is -0.515. The second-order valence-corrected chi connectivity index (χ2v) is 3.71. The van der Waals surface area contributed by atoms with E-state index in [0.717, 1.165) is 17.9 Å². The second-order valence-electron chi connectivity index (χ2n) is 2.08. The molecule has 2 atom stereocenters. The fourth-order valence-electron chi connectivity index (χ4n) is 0.892. The summed E-state index contributed by atoms with van der Waals surface area (Å²) in [6.07, 6.45) is 1.09. The molecule has 10 heavy (non-hydrogen) atoms. The van der Waals surface area contributed by atoms with Crippen LogP contribution in [-0.2, 0) is 10.8 Å². The minimum absolute atomic E-state index is 0.515. The van der Waals surface area contributed by atoms with E-state index in [0.29, 0.717) is 6.04 Å². The molecule has 2 nitrogen and oxygen atoms in total. The molecule has 1 N–H and O–H groups in total. The predicted octanol–water partition coefficient (Wildman–Crippen LogP) is 0.753. The molecular weight excluding hydrogens is 146 g/mol. The van der Waals surface area contributed by atoms with E-state index in [1.807, 2.05) is 20.9 Å². The van der Waals surface area contributed by atoms with Gasteiger partial charge in [0.05, 0.1) is 0 Å². The van der Waals surface area contributed by atoms with E-state index < -0.39 is 10.8 Å². The minimum Gasteiger partial charge on any atom is -0.316 e. The van der Waals surface area contributed by atoms with Crippen molar-refractivity contribution in [1.29, 1.82) is 0 Å². The lowest BCUT2D eigenvalue weighted by Gasteiger charge is -2.01. The number of rotatable bonds is 1. The van der Waals surface area contributed by atoms with Crippen molar-refractivity contribution in [2.75, 3.05) is 18.6 Å². The molecule has 1 saturated heterocycles. The summed E-state index contributed by atoms with van der Waals surface area (Å²) in [6, 6.07) is 0.524. The van der Waals surface area contributed by atoms with Gasteiger partial charge in [0.1, 0.15) is 0 Å². The van der Waals surface area contributed by atoms with E-state index in [2.05, 4.69) is 5.32 Å². The van der Waals surface area contributed by atoms with Crippen molar-refractivity contribution in [2.24, 2.45) is 0 Å². The Balaban J connectivity index is 0.000000371. The number of nitrogens with one attached hydrogen (secondary N) is 1. The molecule has 62 valence electrons. The highest BCUT2D eigenvalue weighted by Crippen LogP contribution is 2.05. The lowest BCUT2D eigenvalue weighted by molar-refractivity contribution is 0.623. The van der Waals surface area contributed by atoms with Crippen LogP contribution in [0.4, 0.5) is 0 Å². The molecule has 0 saturated carbocycles. The first kappa shape index (κ1) is 10.1. The summed E-state index contributed by atoms with van der Waals surface area (Å²) in [5.41, 5.74) is 0. The van der Waals surface area contributed by atoms with E-state index in [1.165, 1.54) is 0 Å². The van der Waals surface area contributed by atoms with Gasteiger partial charge in [0.2, 0.25) is 0 Å². The highest BCUT2D eigenvalue weighted by atomic mass is 32.2. The van der Waals surface area contributed by atoms with Crippen molar-refractivity contribution in [3.8, 4) is 0 Å². The molecule has 0 aliphatic carbocycles. The molecule has 0 aromatic heterocycles. The summed E-state index contributed by atoms with van der Waals surface area (Å²) in [5.74, 6) is 1.75. The topological polar surface area (TPSA) is 29.1 Å². The maximum absolute atomic E-state index is 10.7. The van der Waals surface area contributed by atoms with Crippen LogP contribution in [0, 0.1) is 0 Å². The number of hydrogen-bond donors (Lipinski definition) is 1. The molecule has 3 heteroatoms. The van der Waals surface area contributed by atoms with E-state index in [1.54, 1.807) is 0 Å². The van der Waals surface area contributed by atoms with Crippen molar-refractivity contribution in [1.82, 2.24) is 5.32 Å². The van der Waals surface area contributed by atoms with Gasteiger partial charge in [0, 0.05) is 28.3 Å². The Morgan fingerprint density at radius 3 is 2.30 bits per heavy atom. The van der Waals surface area contributed by atoms with Crippen LogP contribution in [0.5, 0.6) is 0 Å². The van der Waals surface area contributed by atoms with Crippen LogP contribution in [-0.4, -0.2) is 28.8 Å². The van der Waals surface area contributed by atoms with E-state index in [-0.39, 0.29) is 0 Å². The molecule has 0 aromatic rings. The van der Waals surface area contributed by atoms with Crippen molar-refractivity contribution in [2.45, 2.75) is 26.3 Å². The second kappa shape index (κ2) is 5.86. The average Bonchev–Trinajstić information content (AvgIpc) is 2.40. The Morgan fingerprint density at radius 1 is 1.50 bits per heavy atom. The zero-order chi connectivity index (χ0) is 7.98. The van der Waals surface area contributed by atoms with Crippen LogP contribution in [0.25, 0.3) is 0 Å². The molecule has 0 radical (unpaired) electrons. The maximum atomic E-state index is 10.7. The summed E-state index contributed by atoms with van der Waals surface area (Å²) >= 11 is 0. The summed E-state index contributed by atoms with van der Waals surface area (Å²) in [7, 11) is 1.41. The molecule has 0 aromatic carbocycles. The van der Waals surface area contributed by atoms with Crippen LogP contribution in [0.15, 0.2) is 0 Å². The third-order valence-electron chi connectivity index (χ3n) is 1.49. The van der Waals surface area contributed by atoms with Crippen LogP contribution in [0.1, 0.15) is 20.3 Å². The smallest absolute Gasteiger partial charge is 0.0389 e. The zero-order valence-corrected chi connectivity index (χ0v) is 7.83. The SMILES string of the molecule is CC.CNC1CCS(=O)C1. The standard InChI is InChI=1S/C5H11NOS.C2H6/c1-6-5-2-3-8(7)4-5;1-2/h5-6H,2-4H2,1H3;1-2H3. The molecule has 1 rings (SSSR count). The molecule has 1 fully saturated rings. The third-order valence-corrected chi connectivity index (χ3v) is 2.95. The molecule has 0 bridgehead atoms. The van der Waals surface area contributed by atoms with Crippen molar-refractivity contribution in [3.63, 3.8) is 0 Å². The zero-order valence-electron chi connectivity index (χ0n) is 7.02. The van der Waals surface area contributed by atoms with Gasteiger partial charge in [-0.25, -0.2) is 0 Å². The van der Waals surface area contributed by atoms with Gasteiger partial charge in [-0.15, -0.1) is 0 Å². The molecule has 2 unspecified atom stereocenters. The van der Waals surface area contributed by atoms with Crippen molar-refractivity contribution < 1.29 is 4.21 Å². The van der Waals surface area contributed by atoms with Crippen LogP contribution in [0.2, 0.25) is 0 Å². The first-order valence-corrected chi connectivity index (χ1v) is 5.34. The molecule has 0 amide bonds. The average molecular weight is 163 g/mol. The molecule has 1 aliphatic heterocycles. The van der Waals surface area contributed by atoms with Gasteiger partial charge in [-0.1, -0.05) is 13.8 Å². The summed E-state index contributed by atoms with van der Waals surface area (Å²) in [6.45, 7) is 4.00. The summed E-state index contributed by atoms with van der Waals surface area (Å²) < 4.78 is 10.7. The van der Waals surface area contributed by atoms with Gasteiger partial charge < -0.3 is 5.32 Å². The van der Waals surface area contributed by atoms with Gasteiger partial charge in [0.25, 0.3) is 0 Å². The normalized spacial score (nSPS) is 31.1. The Bertz CT molecular complexity index is 106. The Labute approximate surface area is 65.9 Å². The highest BCUT2D eigenvalue weighted by molar-refractivity contribution is 7.85. The molecular formula is C7H17NOS. The van der Waals surface area contributed by atoms with Gasteiger partial charge >= 0.3 is 0 Å². The van der Waals surface area contributed by atoms with E-state index in [4.69, 9.17) is 0 Å². The lowest BCUT2D eigenvalue weighted by atomic mass is 10.3. The third kappa shape index (κ3) is 3.32. The Kier molecular flexibility index (Phi) is 5.93. The first-order chi connectivity index (χ1) is 4.83. The van der Waals surface area contributed by atoms with Crippen LogP contribution < -0.4 is 5.32 Å². The summed E-state index contributed by atoms with van der Waals surface area (Å²) in [4.78, 5) is 0. The Hall–Kier alpha value is 0.110. The number of hydrogen-bond acceptors (Lipinski definition) is 2.